The van der Waals surface area contributed by atoms with Crippen molar-refractivity contribution in [3.8, 4) is 5.69 Å². The van der Waals surface area contributed by atoms with Crippen molar-refractivity contribution in [1.29, 1.82) is 0 Å². The van der Waals surface area contributed by atoms with Gasteiger partial charge in [-0.05, 0) is 30.7 Å². The maximum atomic E-state index is 10.1. The Morgan fingerprint density at radius 2 is 2.33 bits per heavy atom. The summed E-state index contributed by atoms with van der Waals surface area (Å²) in [6.45, 7) is 1.90. The Balaban J connectivity index is 2.46. The zero-order valence-corrected chi connectivity index (χ0v) is 8.21. The average molecular weight is 199 g/mol. The summed E-state index contributed by atoms with van der Waals surface area (Å²) in [5.41, 5.74) is 2.58. The number of benzene rings is 1. The number of hydrogen-bond donors (Lipinski definition) is 0. The molecule has 0 spiro atoms. The molecule has 4 heteroatoms. The highest BCUT2D eigenvalue weighted by molar-refractivity contribution is 5.56. The van der Waals surface area contributed by atoms with E-state index >= 15 is 0 Å². The van der Waals surface area contributed by atoms with Crippen LogP contribution in [0, 0.1) is 6.92 Å². The molecule has 0 saturated carbocycles. The van der Waals surface area contributed by atoms with E-state index in [0.717, 1.165) is 11.3 Å². The first kappa shape index (κ1) is 9.37. The van der Waals surface area contributed by atoms with Gasteiger partial charge in [0.1, 0.15) is 0 Å². The molecule has 0 aliphatic heterocycles. The van der Waals surface area contributed by atoms with E-state index in [1.807, 2.05) is 29.8 Å². The highest BCUT2D eigenvalue weighted by Gasteiger charge is 1.99. The fourth-order valence-corrected chi connectivity index (χ4v) is 1.39. The standard InChI is InChI=1S/C11H9N3O/c1-9-6-10(14-5-4-12-7-14)2-3-11(9)13-8-15/h2-7H,1H3. The number of carbonyl (C=O) groups excluding carboxylic acids is 1. The van der Waals surface area contributed by atoms with Gasteiger partial charge in [-0.25, -0.2) is 9.78 Å². The van der Waals surface area contributed by atoms with E-state index in [-0.39, 0.29) is 0 Å². The van der Waals surface area contributed by atoms with Crippen LogP contribution in [0.1, 0.15) is 5.56 Å². The Kier molecular flexibility index (Phi) is 2.44. The van der Waals surface area contributed by atoms with Gasteiger partial charge in [0.15, 0.2) is 0 Å². The molecule has 2 rings (SSSR count). The van der Waals surface area contributed by atoms with Crippen LogP contribution in [-0.4, -0.2) is 15.6 Å². The van der Waals surface area contributed by atoms with Crippen molar-refractivity contribution < 1.29 is 4.79 Å². The summed E-state index contributed by atoms with van der Waals surface area (Å²) in [5.74, 6) is 0. The number of aromatic nitrogens is 2. The van der Waals surface area contributed by atoms with Gasteiger partial charge in [0.25, 0.3) is 0 Å². The highest BCUT2D eigenvalue weighted by Crippen LogP contribution is 2.20. The lowest BCUT2D eigenvalue weighted by Gasteiger charge is -2.04. The van der Waals surface area contributed by atoms with Crippen molar-refractivity contribution in [1.82, 2.24) is 9.55 Å². The van der Waals surface area contributed by atoms with E-state index in [4.69, 9.17) is 0 Å². The fourth-order valence-electron chi connectivity index (χ4n) is 1.39. The highest BCUT2D eigenvalue weighted by atomic mass is 16.1. The molecule has 0 aliphatic carbocycles. The van der Waals surface area contributed by atoms with Gasteiger partial charge in [0.2, 0.25) is 6.08 Å². The van der Waals surface area contributed by atoms with Crippen molar-refractivity contribution in [2.24, 2.45) is 4.99 Å². The minimum absolute atomic E-state index is 0.647. The van der Waals surface area contributed by atoms with E-state index < -0.39 is 0 Å². The number of imidazole rings is 1. The van der Waals surface area contributed by atoms with Crippen LogP contribution in [0.4, 0.5) is 5.69 Å². The van der Waals surface area contributed by atoms with Gasteiger partial charge in [-0.3, -0.25) is 0 Å². The van der Waals surface area contributed by atoms with E-state index in [1.54, 1.807) is 18.6 Å². The maximum absolute atomic E-state index is 10.1. The molecule has 0 N–H and O–H groups in total. The van der Waals surface area contributed by atoms with Gasteiger partial charge in [-0.15, -0.1) is 0 Å². The molecule has 4 nitrogen and oxygen atoms in total. The molecule has 0 atom stereocenters. The minimum atomic E-state index is 0.647. The van der Waals surface area contributed by atoms with Crippen LogP contribution < -0.4 is 0 Å². The normalized spacial score (nSPS) is 9.67. The van der Waals surface area contributed by atoms with Gasteiger partial charge in [-0.1, -0.05) is 0 Å². The lowest BCUT2D eigenvalue weighted by molar-refractivity contribution is 0.565. The summed E-state index contributed by atoms with van der Waals surface area (Å²) in [7, 11) is 0. The monoisotopic (exact) mass is 199 g/mol. The first-order valence-electron chi connectivity index (χ1n) is 4.48. The van der Waals surface area contributed by atoms with Gasteiger partial charge in [0.05, 0.1) is 12.0 Å². The molecule has 0 fully saturated rings. The number of hydrogen-bond acceptors (Lipinski definition) is 3. The Bertz CT molecular complexity index is 511. The van der Waals surface area contributed by atoms with Gasteiger partial charge in [0, 0.05) is 18.1 Å². The molecule has 15 heavy (non-hydrogen) atoms. The molecule has 2 aromatic rings. The molecule has 0 bridgehead atoms. The minimum Gasteiger partial charge on any atom is -0.306 e. The number of aryl methyl sites for hydroxylation is 1. The van der Waals surface area contributed by atoms with E-state index in [0.29, 0.717) is 5.69 Å². The average Bonchev–Trinajstić information content (AvgIpc) is 2.74. The second kappa shape index (κ2) is 3.90. The summed E-state index contributed by atoms with van der Waals surface area (Å²) in [5, 5.41) is 0. The SMILES string of the molecule is Cc1cc(-n2ccnc2)ccc1N=C=O. The summed E-state index contributed by atoms with van der Waals surface area (Å²) >= 11 is 0. The third-order valence-corrected chi connectivity index (χ3v) is 2.15. The quantitative estimate of drug-likeness (QED) is 0.549. The second-order valence-electron chi connectivity index (χ2n) is 3.14. The van der Waals surface area contributed by atoms with Gasteiger partial charge in [-0.2, -0.15) is 4.99 Å². The van der Waals surface area contributed by atoms with Crippen molar-refractivity contribution in [2.45, 2.75) is 6.92 Å². The van der Waals surface area contributed by atoms with Crippen LogP contribution >= 0.6 is 0 Å². The molecule has 0 saturated heterocycles. The molecule has 1 heterocycles. The smallest absolute Gasteiger partial charge is 0.240 e. The first-order chi connectivity index (χ1) is 7.31. The lowest BCUT2D eigenvalue weighted by Crippen LogP contribution is -1.90. The Morgan fingerprint density at radius 3 is 2.93 bits per heavy atom. The third kappa shape index (κ3) is 1.85. The van der Waals surface area contributed by atoms with Crippen molar-refractivity contribution >= 4 is 11.8 Å². The molecule has 74 valence electrons. The fraction of sp³-hybridized carbons (Fsp3) is 0.0909. The molecule has 1 aromatic heterocycles. The van der Waals surface area contributed by atoms with E-state index in [9.17, 15) is 4.79 Å². The van der Waals surface area contributed by atoms with E-state index in [2.05, 4.69) is 9.98 Å². The summed E-state index contributed by atoms with van der Waals surface area (Å²) in [4.78, 5) is 17.7. The summed E-state index contributed by atoms with van der Waals surface area (Å²) in [6.07, 6.45) is 6.83. The lowest BCUT2D eigenvalue weighted by atomic mass is 10.2. The first-order valence-corrected chi connectivity index (χ1v) is 4.48. The maximum Gasteiger partial charge on any atom is 0.240 e. The van der Waals surface area contributed by atoms with Gasteiger partial charge < -0.3 is 4.57 Å². The van der Waals surface area contributed by atoms with Crippen molar-refractivity contribution in [3.05, 3.63) is 42.5 Å². The number of isocyanates is 1. The second-order valence-corrected chi connectivity index (χ2v) is 3.14. The summed E-state index contributed by atoms with van der Waals surface area (Å²) in [6, 6.07) is 5.61. The van der Waals surface area contributed by atoms with E-state index in [1.165, 1.54) is 6.08 Å². The van der Waals surface area contributed by atoms with Crippen LogP contribution in [0.15, 0.2) is 41.9 Å². The molecule has 0 radical (unpaired) electrons. The molecule has 0 amide bonds. The number of nitrogens with zero attached hydrogens (tertiary/aromatic N) is 3. The largest absolute Gasteiger partial charge is 0.306 e. The number of aliphatic imine (C=N–C) groups is 1. The molecule has 0 unspecified atom stereocenters. The van der Waals surface area contributed by atoms with Crippen molar-refractivity contribution in [3.63, 3.8) is 0 Å². The zero-order chi connectivity index (χ0) is 10.7. The Morgan fingerprint density at radius 1 is 1.47 bits per heavy atom. The van der Waals surface area contributed by atoms with Crippen LogP contribution in [0.5, 0.6) is 0 Å². The third-order valence-electron chi connectivity index (χ3n) is 2.15. The predicted octanol–water partition coefficient (Wildman–Crippen LogP) is 2.15. The molecule has 0 aliphatic rings. The number of rotatable bonds is 2. The topological polar surface area (TPSA) is 47.2 Å². The zero-order valence-electron chi connectivity index (χ0n) is 8.21. The van der Waals surface area contributed by atoms with Crippen LogP contribution in [0.25, 0.3) is 5.69 Å². The van der Waals surface area contributed by atoms with Crippen molar-refractivity contribution in [2.75, 3.05) is 0 Å². The summed E-state index contributed by atoms with van der Waals surface area (Å²) < 4.78 is 1.89. The molecular formula is C11H9N3O. The van der Waals surface area contributed by atoms with Crippen LogP contribution in [-0.2, 0) is 4.79 Å². The Labute approximate surface area is 86.9 Å². The Hall–Kier alpha value is -2.19. The van der Waals surface area contributed by atoms with Crippen LogP contribution in [0.2, 0.25) is 0 Å². The van der Waals surface area contributed by atoms with Crippen LogP contribution in [0.3, 0.4) is 0 Å². The molecule has 1 aromatic carbocycles. The molecular weight excluding hydrogens is 190 g/mol. The predicted molar refractivity (Wildman–Crippen MR) is 56.1 cm³/mol. The van der Waals surface area contributed by atoms with Gasteiger partial charge >= 0.3 is 0 Å².